The van der Waals surface area contributed by atoms with Gasteiger partial charge in [-0.05, 0) is 37.9 Å². The number of alkyl halides is 1. The molecule has 2 aromatic heterocycles. The average molecular weight is 487 g/mol. The van der Waals surface area contributed by atoms with E-state index >= 15 is 4.39 Å². The molecule has 0 spiro atoms. The number of fused-ring (bicyclic) bond motifs is 3. The van der Waals surface area contributed by atoms with Crippen LogP contribution in [0.1, 0.15) is 41.8 Å². The number of carboxylic acid groups (broad SMARTS) is 1. The van der Waals surface area contributed by atoms with Crippen molar-refractivity contribution in [3.63, 3.8) is 0 Å². The second-order valence-electron chi connectivity index (χ2n) is 9.04. The number of carbonyl (C=O) groups is 1. The van der Waals surface area contributed by atoms with E-state index in [1.807, 2.05) is 23.1 Å². The number of aromatic nitrogens is 2. The van der Waals surface area contributed by atoms with Crippen LogP contribution < -0.4 is 10.1 Å². The number of carboxylic acids is 1. The molecule has 0 bridgehead atoms. The summed E-state index contributed by atoms with van der Waals surface area (Å²) in [5, 5.41) is 13.7. The van der Waals surface area contributed by atoms with Crippen LogP contribution in [0.25, 0.3) is 10.9 Å². The van der Waals surface area contributed by atoms with E-state index in [1.54, 1.807) is 13.8 Å². The number of H-pyrrole nitrogens is 1. The third-order valence-electron chi connectivity index (χ3n) is 6.62. The van der Waals surface area contributed by atoms with E-state index < -0.39 is 23.7 Å². The zero-order chi connectivity index (χ0) is 24.9. The fourth-order valence-electron chi connectivity index (χ4n) is 4.84. The molecule has 3 aromatic rings. The Labute approximate surface area is 203 Å². The van der Waals surface area contributed by atoms with Crippen LogP contribution in [0.4, 0.5) is 8.78 Å². The molecule has 0 amide bonds. The first-order valence-corrected chi connectivity index (χ1v) is 12.0. The predicted octanol–water partition coefficient (Wildman–Crippen LogP) is 4.01. The fraction of sp³-hybridized carbons (Fsp3) is 0.462. The Morgan fingerprint density at radius 1 is 1.37 bits per heavy atom. The van der Waals surface area contributed by atoms with Gasteiger partial charge < -0.3 is 20.1 Å². The first-order valence-electron chi connectivity index (χ1n) is 12.0. The number of nitrogens with one attached hydrogen (secondary N) is 2. The molecular weight excluding hydrogens is 454 g/mol. The second kappa shape index (κ2) is 11.1. The normalized spacial score (nSPS) is 16.9. The molecule has 3 N–H and O–H groups in total. The lowest BCUT2D eigenvalue weighted by atomic mass is 9.89. The fourth-order valence-corrected chi connectivity index (χ4v) is 4.84. The van der Waals surface area contributed by atoms with Crippen molar-refractivity contribution in [3.8, 4) is 5.88 Å². The number of rotatable bonds is 11. The minimum atomic E-state index is -0.887. The standard InChI is InChI=1S/C26H32F2N4O3/c1-16(26(33)34)15-32-12-8-19-18-6-3-4-7-21(18)31-23(19)24(32)22-17(2)25(30-14-20(22)28)35-13-11-29-10-5-9-27/h3-4,6-7,14,16,24,29,31H,5,8-13,15H2,1-2H3,(H,33,34). The molecule has 2 atom stereocenters. The molecule has 0 radical (unpaired) electrons. The van der Waals surface area contributed by atoms with Crippen molar-refractivity contribution >= 4 is 16.9 Å². The van der Waals surface area contributed by atoms with Gasteiger partial charge in [-0.3, -0.25) is 14.1 Å². The molecule has 7 nitrogen and oxygen atoms in total. The van der Waals surface area contributed by atoms with E-state index in [0.29, 0.717) is 49.7 Å². The Balaban J connectivity index is 1.70. The average Bonchev–Trinajstić information content (AvgIpc) is 3.22. The number of hydrogen-bond donors (Lipinski definition) is 3. The zero-order valence-corrected chi connectivity index (χ0v) is 20.1. The summed E-state index contributed by atoms with van der Waals surface area (Å²) >= 11 is 0. The number of aromatic amines is 1. The van der Waals surface area contributed by atoms with Crippen molar-refractivity contribution in [1.82, 2.24) is 20.2 Å². The van der Waals surface area contributed by atoms with Crippen LogP contribution >= 0.6 is 0 Å². The molecule has 0 fully saturated rings. The lowest BCUT2D eigenvalue weighted by Crippen LogP contribution is -2.41. The molecule has 4 rings (SSSR count). The van der Waals surface area contributed by atoms with Gasteiger partial charge in [0.05, 0.1) is 24.8 Å². The third kappa shape index (κ3) is 5.31. The van der Waals surface area contributed by atoms with Crippen LogP contribution in [0.3, 0.4) is 0 Å². The van der Waals surface area contributed by atoms with E-state index in [0.717, 1.165) is 28.6 Å². The smallest absolute Gasteiger partial charge is 0.307 e. The molecule has 0 aliphatic carbocycles. The summed E-state index contributed by atoms with van der Waals surface area (Å²) in [5.74, 6) is -1.62. The maximum Gasteiger partial charge on any atom is 0.307 e. The van der Waals surface area contributed by atoms with Gasteiger partial charge in [0.2, 0.25) is 5.88 Å². The number of aliphatic carboxylic acids is 1. The third-order valence-corrected chi connectivity index (χ3v) is 6.62. The van der Waals surface area contributed by atoms with E-state index in [2.05, 4.69) is 21.4 Å². The topological polar surface area (TPSA) is 90.5 Å². The van der Waals surface area contributed by atoms with Crippen molar-refractivity contribution in [2.24, 2.45) is 5.92 Å². The molecule has 2 unspecified atom stereocenters. The Morgan fingerprint density at radius 2 is 2.17 bits per heavy atom. The van der Waals surface area contributed by atoms with E-state index in [9.17, 15) is 14.3 Å². The van der Waals surface area contributed by atoms with E-state index in [-0.39, 0.29) is 13.2 Å². The molecule has 1 aromatic carbocycles. The van der Waals surface area contributed by atoms with Gasteiger partial charge in [-0.15, -0.1) is 0 Å². The maximum atomic E-state index is 15.4. The number of halogens is 2. The largest absolute Gasteiger partial charge is 0.481 e. The van der Waals surface area contributed by atoms with Crippen LogP contribution in [0.15, 0.2) is 30.5 Å². The van der Waals surface area contributed by atoms with Gasteiger partial charge in [0.25, 0.3) is 0 Å². The molecule has 3 heterocycles. The summed E-state index contributed by atoms with van der Waals surface area (Å²) in [6.45, 7) is 5.36. The van der Waals surface area contributed by atoms with Crippen LogP contribution in [-0.4, -0.2) is 65.4 Å². The molecular formula is C26H32F2N4O3. The summed E-state index contributed by atoms with van der Waals surface area (Å²) in [6, 6.07) is 7.49. The molecule has 35 heavy (non-hydrogen) atoms. The first kappa shape index (κ1) is 25.1. The van der Waals surface area contributed by atoms with Gasteiger partial charge in [0.15, 0.2) is 0 Å². The van der Waals surface area contributed by atoms with Crippen LogP contribution in [-0.2, 0) is 11.2 Å². The molecule has 0 saturated heterocycles. The SMILES string of the molecule is Cc1c(OCCNCCCF)ncc(F)c1C1c2[nH]c3ccccc3c2CCN1CC(C)C(=O)O. The Morgan fingerprint density at radius 3 is 2.94 bits per heavy atom. The molecule has 188 valence electrons. The highest BCUT2D eigenvalue weighted by molar-refractivity contribution is 5.85. The van der Waals surface area contributed by atoms with Gasteiger partial charge in [-0.2, -0.15) is 0 Å². The summed E-state index contributed by atoms with van der Waals surface area (Å²) in [6.07, 6.45) is 2.35. The highest BCUT2D eigenvalue weighted by Crippen LogP contribution is 2.41. The Bertz CT molecular complexity index is 1180. The minimum absolute atomic E-state index is 0.282. The van der Waals surface area contributed by atoms with Gasteiger partial charge in [0, 0.05) is 47.4 Å². The Hall–Kier alpha value is -3.04. The number of hydrogen-bond acceptors (Lipinski definition) is 5. The molecule has 1 aliphatic heterocycles. The number of benzene rings is 1. The maximum absolute atomic E-state index is 15.4. The van der Waals surface area contributed by atoms with Crippen molar-refractivity contribution in [1.29, 1.82) is 0 Å². The van der Waals surface area contributed by atoms with Crippen LogP contribution in [0.5, 0.6) is 5.88 Å². The summed E-state index contributed by atoms with van der Waals surface area (Å²) < 4.78 is 33.5. The van der Waals surface area contributed by atoms with Gasteiger partial charge in [-0.1, -0.05) is 25.1 Å². The van der Waals surface area contributed by atoms with Crippen molar-refractivity contribution < 1.29 is 23.4 Å². The molecule has 9 heteroatoms. The second-order valence-corrected chi connectivity index (χ2v) is 9.04. The van der Waals surface area contributed by atoms with Gasteiger partial charge >= 0.3 is 5.97 Å². The van der Waals surface area contributed by atoms with Crippen LogP contribution in [0, 0.1) is 18.7 Å². The van der Waals surface area contributed by atoms with Gasteiger partial charge in [-0.25, -0.2) is 9.37 Å². The van der Waals surface area contributed by atoms with Crippen molar-refractivity contribution in [2.75, 3.05) is 39.5 Å². The quantitative estimate of drug-likeness (QED) is 0.355. The number of ether oxygens (including phenoxy) is 1. The Kier molecular flexibility index (Phi) is 7.97. The van der Waals surface area contributed by atoms with Crippen molar-refractivity contribution in [3.05, 3.63) is 58.7 Å². The monoisotopic (exact) mass is 486 g/mol. The summed E-state index contributed by atoms with van der Waals surface area (Å²) in [7, 11) is 0. The lowest BCUT2D eigenvalue weighted by molar-refractivity contribution is -0.141. The minimum Gasteiger partial charge on any atom is -0.481 e. The zero-order valence-electron chi connectivity index (χ0n) is 20.1. The number of nitrogens with zero attached hydrogens (tertiary/aromatic N) is 2. The van der Waals surface area contributed by atoms with Gasteiger partial charge in [0.1, 0.15) is 12.4 Å². The number of para-hydroxylation sites is 1. The number of pyridine rings is 1. The molecule has 1 aliphatic rings. The lowest BCUT2D eigenvalue weighted by Gasteiger charge is -2.38. The molecule has 0 saturated carbocycles. The summed E-state index contributed by atoms with van der Waals surface area (Å²) in [4.78, 5) is 21.3. The van der Waals surface area contributed by atoms with Crippen molar-refractivity contribution in [2.45, 2.75) is 32.7 Å². The highest BCUT2D eigenvalue weighted by Gasteiger charge is 2.36. The first-order chi connectivity index (χ1) is 16.9. The summed E-state index contributed by atoms with van der Waals surface area (Å²) in [5.41, 5.74) is 3.99. The van der Waals surface area contributed by atoms with E-state index in [1.165, 1.54) is 6.20 Å². The van der Waals surface area contributed by atoms with E-state index in [4.69, 9.17) is 4.74 Å². The van der Waals surface area contributed by atoms with Crippen LogP contribution in [0.2, 0.25) is 0 Å². The predicted molar refractivity (Wildman–Crippen MR) is 130 cm³/mol. The highest BCUT2D eigenvalue weighted by atomic mass is 19.1.